The first-order valence-corrected chi connectivity index (χ1v) is 7.94. The second-order valence-electron chi connectivity index (χ2n) is 5.69. The number of nitrogens with zero attached hydrogens (tertiary/aromatic N) is 1. The Kier molecular flexibility index (Phi) is 6.52. The maximum atomic E-state index is 5.89. The third-order valence-electron chi connectivity index (χ3n) is 3.80. The average Bonchev–Trinajstić information content (AvgIpc) is 2.97. The first-order valence-electron chi connectivity index (χ1n) is 7.56. The first kappa shape index (κ1) is 17.9. The highest BCUT2D eigenvalue weighted by Gasteiger charge is 2.12. The predicted molar refractivity (Wildman–Crippen MR) is 99.7 cm³/mol. The van der Waals surface area contributed by atoms with Crippen LogP contribution in [0.5, 0.6) is 5.75 Å². The molecule has 0 atom stereocenters. The fraction of sp³-hybridized carbons (Fsp3) is 0.263. The van der Waals surface area contributed by atoms with Crippen molar-refractivity contribution in [3.8, 4) is 5.75 Å². The van der Waals surface area contributed by atoms with Crippen LogP contribution in [0.25, 0.3) is 6.08 Å². The van der Waals surface area contributed by atoms with Gasteiger partial charge >= 0.3 is 0 Å². The normalized spacial score (nSPS) is 13.0. The zero-order valence-corrected chi connectivity index (χ0v) is 14.7. The number of likely N-dealkylation sites (N-methyl/N-ethyl adjacent to an activating group) is 1. The molecule has 0 bridgehead atoms. The van der Waals surface area contributed by atoms with Crippen LogP contribution in [0.4, 0.5) is 0 Å². The van der Waals surface area contributed by atoms with E-state index in [4.69, 9.17) is 16.3 Å². The summed E-state index contributed by atoms with van der Waals surface area (Å²) < 4.78 is 5.55. The quantitative estimate of drug-likeness (QED) is 0.765. The maximum Gasteiger partial charge on any atom is 0.122 e. The van der Waals surface area contributed by atoms with Crippen molar-refractivity contribution in [2.75, 3.05) is 20.2 Å². The summed E-state index contributed by atoms with van der Waals surface area (Å²) in [6.45, 7) is 2.67. The van der Waals surface area contributed by atoms with Crippen LogP contribution in [0.2, 0.25) is 5.02 Å². The number of hydrogen-bond donors (Lipinski definition) is 0. The highest BCUT2D eigenvalue weighted by Crippen LogP contribution is 2.26. The zero-order chi connectivity index (χ0) is 15.4. The molecule has 0 N–H and O–H groups in total. The Morgan fingerprint density at radius 1 is 1.17 bits per heavy atom. The monoisotopic (exact) mass is 349 g/mol. The van der Waals surface area contributed by atoms with Crippen molar-refractivity contribution >= 4 is 30.1 Å². The van der Waals surface area contributed by atoms with Gasteiger partial charge in [0.15, 0.2) is 0 Å². The van der Waals surface area contributed by atoms with Crippen LogP contribution in [0, 0.1) is 0 Å². The number of ether oxygens (including phenoxy) is 1. The van der Waals surface area contributed by atoms with Crippen LogP contribution in [0.1, 0.15) is 16.7 Å². The van der Waals surface area contributed by atoms with E-state index in [1.54, 1.807) is 0 Å². The smallest absolute Gasteiger partial charge is 0.122 e. The minimum Gasteiger partial charge on any atom is -0.493 e. The molecule has 0 radical (unpaired) electrons. The summed E-state index contributed by atoms with van der Waals surface area (Å²) in [6, 6.07) is 14.4. The van der Waals surface area contributed by atoms with Crippen LogP contribution in [0.15, 0.2) is 48.5 Å². The van der Waals surface area contributed by atoms with E-state index in [-0.39, 0.29) is 12.4 Å². The molecule has 2 aromatic rings. The van der Waals surface area contributed by atoms with E-state index in [0.29, 0.717) is 0 Å². The number of fused-ring (bicyclic) bond motifs is 1. The van der Waals surface area contributed by atoms with Crippen LogP contribution >= 0.6 is 24.0 Å². The van der Waals surface area contributed by atoms with Gasteiger partial charge in [0, 0.05) is 24.5 Å². The van der Waals surface area contributed by atoms with E-state index >= 15 is 0 Å². The van der Waals surface area contributed by atoms with Crippen LogP contribution in [0.3, 0.4) is 0 Å². The first-order chi connectivity index (χ1) is 10.7. The van der Waals surface area contributed by atoms with Crippen molar-refractivity contribution in [1.29, 1.82) is 0 Å². The van der Waals surface area contributed by atoms with Gasteiger partial charge in [0.25, 0.3) is 0 Å². The lowest BCUT2D eigenvalue weighted by molar-refractivity contribution is 0.356. The molecule has 122 valence electrons. The van der Waals surface area contributed by atoms with Gasteiger partial charge in [-0.1, -0.05) is 48.0 Å². The molecule has 4 heteroatoms. The summed E-state index contributed by atoms with van der Waals surface area (Å²) in [4.78, 5) is 2.30. The van der Waals surface area contributed by atoms with Crippen LogP contribution in [-0.2, 0) is 13.0 Å². The fourth-order valence-electron chi connectivity index (χ4n) is 2.66. The summed E-state index contributed by atoms with van der Waals surface area (Å²) in [7, 11) is 2.13. The van der Waals surface area contributed by atoms with Gasteiger partial charge in [-0.25, -0.2) is 0 Å². The van der Waals surface area contributed by atoms with Gasteiger partial charge in [0.2, 0.25) is 0 Å². The second-order valence-corrected chi connectivity index (χ2v) is 6.13. The van der Waals surface area contributed by atoms with Gasteiger partial charge in [-0.05, 0) is 41.9 Å². The lowest BCUT2D eigenvalue weighted by atomic mass is 10.1. The molecule has 1 heterocycles. The van der Waals surface area contributed by atoms with Gasteiger partial charge in [0.1, 0.15) is 5.75 Å². The molecule has 0 unspecified atom stereocenters. The number of rotatable bonds is 5. The summed E-state index contributed by atoms with van der Waals surface area (Å²) in [5.41, 5.74) is 3.85. The molecular weight excluding hydrogens is 329 g/mol. The molecule has 1 aliphatic rings. The molecule has 1 aliphatic heterocycles. The van der Waals surface area contributed by atoms with Crippen molar-refractivity contribution in [3.05, 3.63) is 70.3 Å². The second kappa shape index (κ2) is 8.39. The van der Waals surface area contributed by atoms with E-state index in [0.717, 1.165) is 36.9 Å². The molecule has 0 amide bonds. The Hall–Kier alpha value is -1.48. The average molecular weight is 350 g/mol. The largest absolute Gasteiger partial charge is 0.493 e. The minimum absolute atomic E-state index is 0. The Bertz CT molecular complexity index is 668. The summed E-state index contributed by atoms with van der Waals surface area (Å²) >= 11 is 5.89. The van der Waals surface area contributed by atoms with Gasteiger partial charge in [0.05, 0.1) is 6.61 Å². The van der Waals surface area contributed by atoms with Crippen molar-refractivity contribution < 1.29 is 4.74 Å². The molecule has 0 spiro atoms. The van der Waals surface area contributed by atoms with Gasteiger partial charge < -0.3 is 4.74 Å². The molecule has 0 saturated carbocycles. The molecule has 0 aliphatic carbocycles. The zero-order valence-electron chi connectivity index (χ0n) is 13.2. The lowest BCUT2D eigenvalue weighted by Gasteiger charge is -2.15. The number of benzene rings is 2. The highest BCUT2D eigenvalue weighted by atomic mass is 35.5. The van der Waals surface area contributed by atoms with Crippen molar-refractivity contribution in [1.82, 2.24) is 4.90 Å². The van der Waals surface area contributed by atoms with E-state index in [2.05, 4.69) is 42.3 Å². The molecule has 3 rings (SSSR count). The van der Waals surface area contributed by atoms with E-state index in [1.807, 2.05) is 24.3 Å². The molecule has 2 aromatic carbocycles. The van der Waals surface area contributed by atoms with Gasteiger partial charge in [-0.15, -0.1) is 12.4 Å². The third kappa shape index (κ3) is 5.00. The fourth-order valence-corrected chi connectivity index (χ4v) is 2.78. The van der Waals surface area contributed by atoms with Gasteiger partial charge in [-0.3, -0.25) is 4.90 Å². The van der Waals surface area contributed by atoms with Crippen molar-refractivity contribution in [2.45, 2.75) is 13.0 Å². The maximum absolute atomic E-state index is 5.89. The highest BCUT2D eigenvalue weighted by molar-refractivity contribution is 6.30. The molecule has 0 aromatic heterocycles. The van der Waals surface area contributed by atoms with Gasteiger partial charge in [-0.2, -0.15) is 0 Å². The third-order valence-corrected chi connectivity index (χ3v) is 4.06. The Balaban J connectivity index is 0.00000192. The van der Waals surface area contributed by atoms with E-state index in [1.165, 1.54) is 16.7 Å². The lowest BCUT2D eigenvalue weighted by Crippen LogP contribution is -2.17. The Labute approximate surface area is 149 Å². The molecule has 2 nitrogen and oxygen atoms in total. The standard InChI is InChI=1S/C19H20ClNO.ClH/c1-21(11-2-3-15-4-7-18(20)8-5-15)14-16-6-9-19-17(13-16)10-12-22-19;/h2-9,13H,10-12,14H2,1H3;1H/b3-2+;. The van der Waals surface area contributed by atoms with E-state index in [9.17, 15) is 0 Å². The van der Waals surface area contributed by atoms with Crippen molar-refractivity contribution in [2.24, 2.45) is 0 Å². The minimum atomic E-state index is 0. The van der Waals surface area contributed by atoms with Crippen LogP contribution in [-0.4, -0.2) is 25.1 Å². The molecular formula is C19H21Cl2NO. The summed E-state index contributed by atoms with van der Waals surface area (Å²) in [5, 5.41) is 0.773. The summed E-state index contributed by atoms with van der Waals surface area (Å²) in [5.74, 6) is 1.05. The number of halogens is 2. The SMILES string of the molecule is CN(C/C=C/c1ccc(Cl)cc1)Cc1ccc2c(c1)CCO2.Cl. The van der Waals surface area contributed by atoms with Crippen molar-refractivity contribution in [3.63, 3.8) is 0 Å². The Morgan fingerprint density at radius 2 is 1.96 bits per heavy atom. The molecule has 0 saturated heterocycles. The van der Waals surface area contributed by atoms with E-state index < -0.39 is 0 Å². The molecule has 0 fully saturated rings. The topological polar surface area (TPSA) is 12.5 Å². The predicted octanol–water partition coefficient (Wildman–Crippen LogP) is 4.84. The van der Waals surface area contributed by atoms with Crippen LogP contribution < -0.4 is 4.74 Å². The summed E-state index contributed by atoms with van der Waals surface area (Å²) in [6.07, 6.45) is 5.34. The molecule has 23 heavy (non-hydrogen) atoms. The number of hydrogen-bond acceptors (Lipinski definition) is 2. The Morgan fingerprint density at radius 3 is 2.74 bits per heavy atom.